The lowest BCUT2D eigenvalue weighted by Gasteiger charge is -2.38. The predicted octanol–water partition coefficient (Wildman–Crippen LogP) is 2.24. The molecule has 0 radical (unpaired) electrons. The van der Waals surface area contributed by atoms with Crippen LogP contribution in [0.15, 0.2) is 18.3 Å². The van der Waals surface area contributed by atoms with Crippen molar-refractivity contribution in [2.45, 2.75) is 19.8 Å². The van der Waals surface area contributed by atoms with Gasteiger partial charge in [-0.3, -0.25) is 4.39 Å². The second-order valence-electron chi connectivity index (χ2n) is 4.85. The van der Waals surface area contributed by atoms with Gasteiger partial charge in [0.05, 0.1) is 12.4 Å². The summed E-state index contributed by atoms with van der Waals surface area (Å²) in [6.45, 7) is 3.44. The van der Waals surface area contributed by atoms with Gasteiger partial charge in [0.2, 0.25) is 0 Å². The molecule has 0 amide bonds. The molecule has 88 valence electrons. The zero-order valence-electron chi connectivity index (χ0n) is 9.62. The summed E-state index contributed by atoms with van der Waals surface area (Å²) in [4.78, 5) is 6.43. The van der Waals surface area contributed by atoms with Gasteiger partial charge >= 0.3 is 0 Å². The number of hydrogen-bond acceptors (Lipinski definition) is 3. The molecule has 2 N–H and O–H groups in total. The minimum atomic E-state index is -0.238. The van der Waals surface area contributed by atoms with E-state index < -0.39 is 0 Å². The molecule has 1 aromatic rings. The van der Waals surface area contributed by atoms with E-state index in [4.69, 9.17) is 5.73 Å². The number of nitrogens with two attached hydrogens (primary N) is 1. The van der Waals surface area contributed by atoms with Crippen molar-refractivity contribution in [1.29, 1.82) is 0 Å². The fraction of sp³-hybridized carbons (Fsp3) is 0.583. The van der Waals surface area contributed by atoms with Gasteiger partial charge in [-0.1, -0.05) is 6.92 Å². The third-order valence-corrected chi connectivity index (χ3v) is 3.41. The van der Waals surface area contributed by atoms with Crippen molar-refractivity contribution in [3.63, 3.8) is 0 Å². The fourth-order valence-electron chi connectivity index (χ4n) is 2.07. The first-order valence-corrected chi connectivity index (χ1v) is 5.66. The molecule has 0 aliphatic carbocycles. The van der Waals surface area contributed by atoms with Gasteiger partial charge in [0, 0.05) is 19.3 Å². The quantitative estimate of drug-likeness (QED) is 0.836. The first-order chi connectivity index (χ1) is 7.64. The van der Waals surface area contributed by atoms with Gasteiger partial charge in [0.15, 0.2) is 5.82 Å². The van der Waals surface area contributed by atoms with Crippen molar-refractivity contribution < 1.29 is 4.39 Å². The summed E-state index contributed by atoms with van der Waals surface area (Å²) in [5.41, 5.74) is 6.42. The summed E-state index contributed by atoms with van der Waals surface area (Å²) >= 11 is 0. The summed E-state index contributed by atoms with van der Waals surface area (Å²) in [6.07, 6.45) is 3.47. The lowest BCUT2D eigenvalue weighted by atomic mass is 9.82. The van der Waals surface area contributed by atoms with Gasteiger partial charge < -0.3 is 10.6 Å². The maximum Gasteiger partial charge on any atom is 0.151 e. The van der Waals surface area contributed by atoms with E-state index in [1.165, 1.54) is 0 Å². The Morgan fingerprint density at radius 2 is 2.19 bits per heavy atom. The van der Waals surface area contributed by atoms with Crippen LogP contribution in [0, 0.1) is 5.41 Å². The number of anilines is 2. The number of nitrogen functional groups attached to an aromatic ring is 1. The maximum atomic E-state index is 12.8. The largest absolute Gasteiger partial charge is 0.396 e. The SMILES string of the molecule is CC1(CF)CCN(c2ncccc2N)CC1. The molecule has 3 nitrogen and oxygen atoms in total. The van der Waals surface area contributed by atoms with Gasteiger partial charge in [-0.2, -0.15) is 0 Å². The number of halogens is 1. The average molecular weight is 223 g/mol. The third-order valence-electron chi connectivity index (χ3n) is 3.41. The molecule has 2 rings (SSSR count). The van der Waals surface area contributed by atoms with Crippen LogP contribution in [0.4, 0.5) is 15.9 Å². The molecule has 1 aliphatic rings. The van der Waals surface area contributed by atoms with Crippen LogP contribution in [-0.4, -0.2) is 24.7 Å². The van der Waals surface area contributed by atoms with E-state index in [9.17, 15) is 4.39 Å². The van der Waals surface area contributed by atoms with E-state index in [2.05, 4.69) is 9.88 Å². The number of aromatic nitrogens is 1. The van der Waals surface area contributed by atoms with Crippen LogP contribution in [-0.2, 0) is 0 Å². The highest BCUT2D eigenvalue weighted by Gasteiger charge is 2.30. The van der Waals surface area contributed by atoms with Crippen LogP contribution < -0.4 is 10.6 Å². The van der Waals surface area contributed by atoms with E-state index in [1.54, 1.807) is 6.20 Å². The topological polar surface area (TPSA) is 42.2 Å². The fourth-order valence-corrected chi connectivity index (χ4v) is 2.07. The van der Waals surface area contributed by atoms with Crippen LogP contribution in [0.3, 0.4) is 0 Å². The Bertz CT molecular complexity index is 359. The van der Waals surface area contributed by atoms with Gasteiger partial charge in [0.25, 0.3) is 0 Å². The van der Waals surface area contributed by atoms with Crippen LogP contribution >= 0.6 is 0 Å². The highest BCUT2D eigenvalue weighted by molar-refractivity contribution is 5.62. The smallest absolute Gasteiger partial charge is 0.151 e. The Morgan fingerprint density at radius 1 is 1.50 bits per heavy atom. The lowest BCUT2D eigenvalue weighted by molar-refractivity contribution is 0.183. The van der Waals surface area contributed by atoms with Crippen molar-refractivity contribution >= 4 is 11.5 Å². The van der Waals surface area contributed by atoms with Crippen LogP contribution in [0.2, 0.25) is 0 Å². The monoisotopic (exact) mass is 223 g/mol. The number of piperidine rings is 1. The number of pyridine rings is 1. The van der Waals surface area contributed by atoms with Crippen molar-refractivity contribution in [2.24, 2.45) is 5.41 Å². The van der Waals surface area contributed by atoms with E-state index in [1.807, 2.05) is 19.1 Å². The standard InChI is InChI=1S/C12H18FN3/c1-12(9-13)4-7-16(8-5-12)11-10(14)3-2-6-15-11/h2-3,6H,4-5,7-9,14H2,1H3. The molecule has 0 aromatic carbocycles. The van der Waals surface area contributed by atoms with E-state index >= 15 is 0 Å². The normalized spacial score (nSPS) is 19.8. The van der Waals surface area contributed by atoms with Crippen LogP contribution in [0.25, 0.3) is 0 Å². The van der Waals surface area contributed by atoms with E-state index in [0.29, 0.717) is 5.69 Å². The summed E-state index contributed by atoms with van der Waals surface area (Å²) in [5.74, 6) is 0.836. The molecule has 0 atom stereocenters. The predicted molar refractivity (Wildman–Crippen MR) is 64.2 cm³/mol. The highest BCUT2D eigenvalue weighted by atomic mass is 19.1. The molecule has 0 saturated carbocycles. The van der Waals surface area contributed by atoms with Crippen molar-refractivity contribution in [1.82, 2.24) is 4.98 Å². The summed E-state index contributed by atoms with van der Waals surface area (Å²) in [5, 5.41) is 0. The molecular weight excluding hydrogens is 205 g/mol. The molecule has 1 fully saturated rings. The number of nitrogens with zero attached hydrogens (tertiary/aromatic N) is 2. The Balaban J connectivity index is 2.07. The molecule has 0 spiro atoms. The van der Waals surface area contributed by atoms with Crippen molar-refractivity contribution in [3.8, 4) is 0 Å². The van der Waals surface area contributed by atoms with Gasteiger partial charge in [0.1, 0.15) is 0 Å². The van der Waals surface area contributed by atoms with Gasteiger partial charge in [-0.05, 0) is 30.4 Å². The molecule has 0 bridgehead atoms. The van der Waals surface area contributed by atoms with Crippen LogP contribution in [0.1, 0.15) is 19.8 Å². The summed E-state index contributed by atoms with van der Waals surface area (Å²) in [6, 6.07) is 3.68. The summed E-state index contributed by atoms with van der Waals surface area (Å²) < 4.78 is 12.8. The zero-order chi connectivity index (χ0) is 11.6. The second-order valence-corrected chi connectivity index (χ2v) is 4.85. The van der Waals surface area contributed by atoms with Gasteiger partial charge in [-0.15, -0.1) is 0 Å². The molecular formula is C12H18FN3. The number of hydrogen-bond donors (Lipinski definition) is 1. The second kappa shape index (κ2) is 4.28. The molecule has 1 saturated heterocycles. The molecule has 1 aromatic heterocycles. The third kappa shape index (κ3) is 2.10. The zero-order valence-corrected chi connectivity index (χ0v) is 9.62. The van der Waals surface area contributed by atoms with Crippen molar-refractivity contribution in [2.75, 3.05) is 30.4 Å². The molecule has 2 heterocycles. The average Bonchev–Trinajstić information content (AvgIpc) is 2.31. The van der Waals surface area contributed by atoms with Crippen molar-refractivity contribution in [3.05, 3.63) is 18.3 Å². The Morgan fingerprint density at radius 3 is 2.75 bits per heavy atom. The number of rotatable bonds is 2. The Kier molecular flexibility index (Phi) is 2.99. The number of alkyl halides is 1. The maximum absolute atomic E-state index is 12.8. The summed E-state index contributed by atoms with van der Waals surface area (Å²) in [7, 11) is 0. The first kappa shape index (κ1) is 11.2. The minimum Gasteiger partial charge on any atom is -0.396 e. The van der Waals surface area contributed by atoms with Gasteiger partial charge in [-0.25, -0.2) is 4.98 Å². The highest BCUT2D eigenvalue weighted by Crippen LogP contribution is 2.33. The lowest BCUT2D eigenvalue weighted by Crippen LogP contribution is -2.40. The Labute approximate surface area is 95.5 Å². The molecule has 4 heteroatoms. The minimum absolute atomic E-state index is 0.153. The van der Waals surface area contributed by atoms with E-state index in [0.717, 1.165) is 31.7 Å². The van der Waals surface area contributed by atoms with Crippen LogP contribution in [0.5, 0.6) is 0 Å². The first-order valence-electron chi connectivity index (χ1n) is 5.66. The Hall–Kier alpha value is -1.32. The molecule has 1 aliphatic heterocycles. The van der Waals surface area contributed by atoms with E-state index in [-0.39, 0.29) is 12.1 Å². The molecule has 0 unspecified atom stereocenters. The molecule has 16 heavy (non-hydrogen) atoms.